The van der Waals surface area contributed by atoms with Crippen LogP contribution in [0.1, 0.15) is 5.56 Å². The van der Waals surface area contributed by atoms with E-state index in [-0.39, 0.29) is 0 Å². The molecule has 0 saturated heterocycles. The predicted octanol–water partition coefficient (Wildman–Crippen LogP) is 1.94. The Morgan fingerprint density at radius 2 is 1.95 bits per heavy atom. The molecule has 0 aliphatic carbocycles. The monoisotopic (exact) mass is 284 g/mol. The van der Waals surface area contributed by atoms with Gasteiger partial charge < -0.3 is 11.5 Å². The van der Waals surface area contributed by atoms with Crippen LogP contribution in [0.5, 0.6) is 0 Å². The Balaban J connectivity index is 2.22. The SMILES string of the molecule is Cc1cccc(F)c1-n1nnnc1-c1ccc(N)cc1N. The normalized spacial score (nSPS) is 10.8. The van der Waals surface area contributed by atoms with Gasteiger partial charge in [0.2, 0.25) is 0 Å². The second-order valence-corrected chi connectivity index (χ2v) is 4.67. The summed E-state index contributed by atoms with van der Waals surface area (Å²) < 4.78 is 15.4. The van der Waals surface area contributed by atoms with E-state index < -0.39 is 5.82 Å². The minimum atomic E-state index is -0.405. The molecule has 0 fully saturated rings. The summed E-state index contributed by atoms with van der Waals surface area (Å²) in [6.45, 7) is 1.79. The Morgan fingerprint density at radius 1 is 1.14 bits per heavy atom. The van der Waals surface area contributed by atoms with Crippen LogP contribution in [-0.4, -0.2) is 20.2 Å². The molecule has 0 unspecified atom stereocenters. The van der Waals surface area contributed by atoms with Crippen molar-refractivity contribution in [3.8, 4) is 17.1 Å². The zero-order valence-electron chi connectivity index (χ0n) is 11.3. The second kappa shape index (κ2) is 4.86. The Kier molecular flexibility index (Phi) is 3.02. The molecule has 3 aromatic rings. The van der Waals surface area contributed by atoms with Gasteiger partial charge in [-0.15, -0.1) is 5.10 Å². The van der Waals surface area contributed by atoms with Gasteiger partial charge >= 0.3 is 0 Å². The van der Waals surface area contributed by atoms with Crippen molar-refractivity contribution in [3.05, 3.63) is 47.8 Å². The molecule has 106 valence electrons. The molecule has 21 heavy (non-hydrogen) atoms. The largest absolute Gasteiger partial charge is 0.399 e. The van der Waals surface area contributed by atoms with Crippen molar-refractivity contribution >= 4 is 11.4 Å². The summed E-state index contributed by atoms with van der Waals surface area (Å²) in [4.78, 5) is 0. The molecule has 0 spiro atoms. The first kappa shape index (κ1) is 13.0. The van der Waals surface area contributed by atoms with Gasteiger partial charge in [-0.3, -0.25) is 0 Å². The molecule has 0 aliphatic heterocycles. The van der Waals surface area contributed by atoms with E-state index >= 15 is 0 Å². The number of nitrogens with two attached hydrogens (primary N) is 2. The molecule has 0 radical (unpaired) electrons. The zero-order valence-corrected chi connectivity index (χ0v) is 11.3. The minimum absolute atomic E-state index is 0.300. The summed E-state index contributed by atoms with van der Waals surface area (Å²) in [6.07, 6.45) is 0. The number of hydrogen-bond donors (Lipinski definition) is 2. The summed E-state index contributed by atoms with van der Waals surface area (Å²) in [7, 11) is 0. The summed E-state index contributed by atoms with van der Waals surface area (Å²) in [5.41, 5.74) is 14.2. The lowest BCUT2D eigenvalue weighted by molar-refractivity contribution is 0.606. The molecule has 1 aromatic heterocycles. The van der Waals surface area contributed by atoms with E-state index in [0.29, 0.717) is 28.5 Å². The van der Waals surface area contributed by atoms with Crippen LogP contribution in [0.2, 0.25) is 0 Å². The maximum absolute atomic E-state index is 14.1. The highest BCUT2D eigenvalue weighted by Crippen LogP contribution is 2.28. The van der Waals surface area contributed by atoms with Gasteiger partial charge in [0.25, 0.3) is 0 Å². The van der Waals surface area contributed by atoms with E-state index in [2.05, 4.69) is 15.5 Å². The smallest absolute Gasteiger partial charge is 0.189 e. The molecule has 1 heterocycles. The van der Waals surface area contributed by atoms with Gasteiger partial charge in [-0.05, 0) is 47.2 Å². The number of halogens is 1. The molecule has 7 heteroatoms. The lowest BCUT2D eigenvalue weighted by Gasteiger charge is -2.10. The molecule has 4 N–H and O–H groups in total. The third-order valence-electron chi connectivity index (χ3n) is 3.19. The van der Waals surface area contributed by atoms with Crippen molar-refractivity contribution in [2.45, 2.75) is 6.92 Å². The van der Waals surface area contributed by atoms with E-state index in [9.17, 15) is 4.39 Å². The summed E-state index contributed by atoms with van der Waals surface area (Å²) in [5, 5.41) is 11.5. The highest BCUT2D eigenvalue weighted by Gasteiger charge is 2.17. The molecule has 6 nitrogen and oxygen atoms in total. The van der Waals surface area contributed by atoms with Crippen molar-refractivity contribution < 1.29 is 4.39 Å². The van der Waals surface area contributed by atoms with Crippen molar-refractivity contribution in [2.75, 3.05) is 11.5 Å². The minimum Gasteiger partial charge on any atom is -0.399 e. The average Bonchev–Trinajstić information content (AvgIpc) is 2.87. The van der Waals surface area contributed by atoms with Gasteiger partial charge in [0, 0.05) is 16.9 Å². The topological polar surface area (TPSA) is 95.6 Å². The molecule has 0 atom stereocenters. The van der Waals surface area contributed by atoms with Crippen molar-refractivity contribution in [2.24, 2.45) is 0 Å². The quantitative estimate of drug-likeness (QED) is 0.701. The maximum Gasteiger partial charge on any atom is 0.189 e. The Morgan fingerprint density at radius 3 is 2.67 bits per heavy atom. The molecular formula is C14H13FN6. The zero-order chi connectivity index (χ0) is 15.0. The van der Waals surface area contributed by atoms with Crippen LogP contribution in [0.3, 0.4) is 0 Å². The lowest BCUT2D eigenvalue weighted by Crippen LogP contribution is -2.06. The van der Waals surface area contributed by atoms with Crippen molar-refractivity contribution in [3.63, 3.8) is 0 Å². The number of anilines is 2. The number of rotatable bonds is 2. The van der Waals surface area contributed by atoms with Crippen LogP contribution in [0.25, 0.3) is 17.1 Å². The maximum atomic E-state index is 14.1. The van der Waals surface area contributed by atoms with E-state index in [1.165, 1.54) is 10.7 Å². The lowest BCUT2D eigenvalue weighted by atomic mass is 10.1. The van der Waals surface area contributed by atoms with Crippen LogP contribution in [0.15, 0.2) is 36.4 Å². The first-order chi connectivity index (χ1) is 10.1. The summed E-state index contributed by atoms with van der Waals surface area (Å²) >= 11 is 0. The van der Waals surface area contributed by atoms with Crippen molar-refractivity contribution in [1.82, 2.24) is 20.2 Å². The number of para-hydroxylation sites is 1. The van der Waals surface area contributed by atoms with Gasteiger partial charge in [0.15, 0.2) is 5.82 Å². The van der Waals surface area contributed by atoms with Crippen LogP contribution in [-0.2, 0) is 0 Å². The number of aryl methyl sites for hydroxylation is 1. The van der Waals surface area contributed by atoms with Gasteiger partial charge in [-0.1, -0.05) is 12.1 Å². The first-order valence-corrected chi connectivity index (χ1v) is 6.27. The Bertz CT molecular complexity index is 791. The average molecular weight is 284 g/mol. The summed E-state index contributed by atoms with van der Waals surface area (Å²) in [5.74, 6) is -0.0433. The highest BCUT2D eigenvalue weighted by atomic mass is 19.1. The van der Waals surface area contributed by atoms with E-state index in [1.807, 2.05) is 0 Å². The van der Waals surface area contributed by atoms with E-state index in [0.717, 1.165) is 5.56 Å². The van der Waals surface area contributed by atoms with Crippen LogP contribution in [0, 0.1) is 12.7 Å². The first-order valence-electron chi connectivity index (χ1n) is 6.27. The van der Waals surface area contributed by atoms with Crippen LogP contribution in [0.4, 0.5) is 15.8 Å². The number of tetrazole rings is 1. The third-order valence-corrected chi connectivity index (χ3v) is 3.19. The fraction of sp³-hybridized carbons (Fsp3) is 0.0714. The molecule has 0 saturated carbocycles. The molecule has 0 aliphatic rings. The molecule has 0 bridgehead atoms. The molecule has 0 amide bonds. The van der Waals surface area contributed by atoms with Gasteiger partial charge in [0.05, 0.1) is 0 Å². The summed E-state index contributed by atoms with van der Waals surface area (Å²) in [6, 6.07) is 9.80. The van der Waals surface area contributed by atoms with E-state index in [4.69, 9.17) is 11.5 Å². The second-order valence-electron chi connectivity index (χ2n) is 4.67. The predicted molar refractivity (Wildman–Crippen MR) is 78.1 cm³/mol. The highest BCUT2D eigenvalue weighted by molar-refractivity contribution is 5.75. The van der Waals surface area contributed by atoms with Gasteiger partial charge in [-0.2, -0.15) is 4.68 Å². The van der Waals surface area contributed by atoms with E-state index in [1.54, 1.807) is 37.3 Å². The number of nitrogen functional groups attached to an aromatic ring is 2. The van der Waals surface area contributed by atoms with Gasteiger partial charge in [0.1, 0.15) is 11.5 Å². The Hall–Kier alpha value is -2.96. The van der Waals surface area contributed by atoms with Crippen LogP contribution >= 0.6 is 0 Å². The Labute approximate surface area is 120 Å². The molecule has 3 rings (SSSR count). The number of nitrogens with zero attached hydrogens (tertiary/aromatic N) is 4. The standard InChI is InChI=1S/C14H13FN6/c1-8-3-2-4-11(15)13(8)21-14(18-19-20-21)10-6-5-9(16)7-12(10)17/h2-7H,16-17H2,1H3. The molecule has 2 aromatic carbocycles. The fourth-order valence-corrected chi connectivity index (χ4v) is 2.18. The fourth-order valence-electron chi connectivity index (χ4n) is 2.18. The van der Waals surface area contributed by atoms with Crippen LogP contribution < -0.4 is 11.5 Å². The van der Waals surface area contributed by atoms with Crippen molar-refractivity contribution in [1.29, 1.82) is 0 Å². The number of aromatic nitrogens is 4. The number of hydrogen-bond acceptors (Lipinski definition) is 5. The molecular weight excluding hydrogens is 271 g/mol. The number of benzene rings is 2. The van der Waals surface area contributed by atoms with Gasteiger partial charge in [-0.25, -0.2) is 4.39 Å². The third kappa shape index (κ3) is 2.18.